The summed E-state index contributed by atoms with van der Waals surface area (Å²) < 4.78 is 27.9. The number of carbonyl (C=O) groups excluding carboxylic acids is 1. The quantitative estimate of drug-likeness (QED) is 0.461. The molecule has 0 aliphatic carbocycles. The fourth-order valence-electron chi connectivity index (χ4n) is 3.18. The molecule has 1 amide bonds. The Morgan fingerprint density at radius 1 is 0.969 bits per heavy atom. The third kappa shape index (κ3) is 6.11. The van der Waals surface area contributed by atoms with Gasteiger partial charge < -0.3 is 5.32 Å². The molecule has 0 radical (unpaired) electrons. The number of amides is 1. The lowest BCUT2D eigenvalue weighted by Gasteiger charge is -2.24. The van der Waals surface area contributed by atoms with Crippen LogP contribution in [0.3, 0.4) is 0 Å². The fraction of sp³-hybridized carbons (Fsp3) is 0.208. The van der Waals surface area contributed by atoms with Crippen LogP contribution in [0, 0.1) is 6.92 Å². The molecule has 0 saturated heterocycles. The van der Waals surface area contributed by atoms with Crippen LogP contribution in [0.25, 0.3) is 0 Å². The van der Waals surface area contributed by atoms with E-state index in [0.29, 0.717) is 15.6 Å². The third-order valence-corrected chi connectivity index (χ3v) is 7.46. The normalized spacial score (nSPS) is 12.5. The molecule has 0 aromatic heterocycles. The molecule has 5 nitrogen and oxygen atoms in total. The molecule has 0 bridgehead atoms. The lowest BCUT2D eigenvalue weighted by atomic mass is 10.1. The number of halogens is 2. The van der Waals surface area contributed by atoms with E-state index >= 15 is 0 Å². The summed E-state index contributed by atoms with van der Waals surface area (Å²) in [4.78, 5) is 13.0. The van der Waals surface area contributed by atoms with Gasteiger partial charge in [-0.2, -0.15) is 4.31 Å². The minimum Gasteiger partial charge on any atom is -0.348 e. The largest absolute Gasteiger partial charge is 0.348 e. The first kappa shape index (κ1) is 24.3. The van der Waals surface area contributed by atoms with Gasteiger partial charge in [-0.1, -0.05) is 71.2 Å². The van der Waals surface area contributed by atoms with Gasteiger partial charge in [0.05, 0.1) is 17.5 Å². The molecule has 3 aromatic carbocycles. The Morgan fingerprint density at radius 3 is 2.22 bits per heavy atom. The van der Waals surface area contributed by atoms with Gasteiger partial charge >= 0.3 is 0 Å². The molecule has 0 heterocycles. The highest BCUT2D eigenvalue weighted by Gasteiger charge is 2.28. The summed E-state index contributed by atoms with van der Waals surface area (Å²) in [6, 6.07) is 20.3. The molecule has 1 atom stereocenters. The summed E-state index contributed by atoms with van der Waals surface area (Å²) >= 11 is 12.2. The molecule has 0 aliphatic heterocycles. The smallest absolute Gasteiger partial charge is 0.243 e. The minimum absolute atomic E-state index is 0.0291. The topological polar surface area (TPSA) is 66.5 Å². The maximum Gasteiger partial charge on any atom is 0.243 e. The second-order valence-electron chi connectivity index (χ2n) is 7.52. The molecule has 0 spiro atoms. The molecule has 3 rings (SSSR count). The van der Waals surface area contributed by atoms with Crippen molar-refractivity contribution in [2.45, 2.75) is 31.3 Å². The van der Waals surface area contributed by atoms with Crippen LogP contribution >= 0.6 is 23.2 Å². The van der Waals surface area contributed by atoms with Gasteiger partial charge in [0.15, 0.2) is 0 Å². The Balaban J connectivity index is 1.84. The van der Waals surface area contributed by atoms with Gasteiger partial charge in [0.25, 0.3) is 0 Å². The van der Waals surface area contributed by atoms with Gasteiger partial charge in [-0.15, -0.1) is 0 Å². The number of nitrogens with one attached hydrogen (secondary N) is 1. The molecule has 1 N–H and O–H groups in total. The van der Waals surface area contributed by atoms with Crippen molar-refractivity contribution in [3.63, 3.8) is 0 Å². The summed E-state index contributed by atoms with van der Waals surface area (Å²) in [5, 5.41) is 3.89. The van der Waals surface area contributed by atoms with Gasteiger partial charge in [-0.25, -0.2) is 8.42 Å². The van der Waals surface area contributed by atoms with Crippen LogP contribution in [-0.2, 0) is 21.4 Å². The average Bonchev–Trinajstić information content (AvgIpc) is 2.75. The van der Waals surface area contributed by atoms with Gasteiger partial charge in [-0.3, -0.25) is 4.79 Å². The van der Waals surface area contributed by atoms with Crippen LogP contribution in [0.1, 0.15) is 29.7 Å². The first-order valence-electron chi connectivity index (χ1n) is 10.0. The summed E-state index contributed by atoms with van der Waals surface area (Å²) in [5.74, 6) is -0.421. The lowest BCUT2D eigenvalue weighted by Crippen LogP contribution is -2.41. The van der Waals surface area contributed by atoms with Gasteiger partial charge in [-0.05, 0) is 55.3 Å². The number of aryl methyl sites for hydroxylation is 1. The molecule has 8 heteroatoms. The Hall–Kier alpha value is -2.38. The second-order valence-corrected chi connectivity index (χ2v) is 10.3. The van der Waals surface area contributed by atoms with E-state index in [9.17, 15) is 13.2 Å². The van der Waals surface area contributed by atoms with Crippen molar-refractivity contribution in [1.82, 2.24) is 9.62 Å². The predicted molar refractivity (Wildman–Crippen MR) is 128 cm³/mol. The molecular weight excluding hydrogens is 467 g/mol. The van der Waals surface area contributed by atoms with E-state index in [4.69, 9.17) is 23.2 Å². The predicted octanol–water partition coefficient (Wildman–Crippen LogP) is 5.37. The zero-order valence-electron chi connectivity index (χ0n) is 17.8. The number of hydrogen-bond acceptors (Lipinski definition) is 3. The standard InChI is InChI=1S/C24H24Cl2N2O3S/c1-17-7-13-22(14-8-17)32(30,31)28(15-20-5-3-4-6-23(20)26)16-24(29)27-18(2)19-9-11-21(25)12-10-19/h3-14,18H,15-16H2,1-2H3,(H,27,29)/t18-/m1/s1. The lowest BCUT2D eigenvalue weighted by molar-refractivity contribution is -0.122. The van der Waals surface area contributed by atoms with Crippen LogP contribution < -0.4 is 5.32 Å². The van der Waals surface area contributed by atoms with Crippen molar-refractivity contribution in [1.29, 1.82) is 0 Å². The minimum atomic E-state index is -3.94. The summed E-state index contributed by atoms with van der Waals surface area (Å²) in [5.41, 5.74) is 2.42. The summed E-state index contributed by atoms with van der Waals surface area (Å²) in [6.07, 6.45) is 0. The highest BCUT2D eigenvalue weighted by atomic mass is 35.5. The number of benzene rings is 3. The SMILES string of the molecule is Cc1ccc(S(=O)(=O)N(CC(=O)N[C@H](C)c2ccc(Cl)cc2)Cc2ccccc2Cl)cc1. The van der Waals surface area contributed by atoms with Crippen LogP contribution in [-0.4, -0.2) is 25.2 Å². The zero-order valence-corrected chi connectivity index (χ0v) is 20.1. The van der Waals surface area contributed by atoms with Crippen molar-refractivity contribution in [2.24, 2.45) is 0 Å². The van der Waals surface area contributed by atoms with Gasteiger partial charge in [0.1, 0.15) is 0 Å². The monoisotopic (exact) mass is 490 g/mol. The van der Waals surface area contributed by atoms with Crippen LogP contribution in [0.4, 0.5) is 0 Å². The Labute approximate surface area is 199 Å². The molecule has 0 fully saturated rings. The van der Waals surface area contributed by atoms with Crippen molar-refractivity contribution < 1.29 is 13.2 Å². The second kappa shape index (κ2) is 10.5. The summed E-state index contributed by atoms with van der Waals surface area (Å²) in [6.45, 7) is 3.33. The number of nitrogens with zero attached hydrogens (tertiary/aromatic N) is 1. The number of rotatable bonds is 8. The fourth-order valence-corrected chi connectivity index (χ4v) is 4.88. The first-order valence-corrected chi connectivity index (χ1v) is 12.2. The molecule has 0 aliphatic rings. The van der Waals surface area contributed by atoms with E-state index in [2.05, 4.69) is 5.32 Å². The van der Waals surface area contributed by atoms with E-state index in [-0.39, 0.29) is 24.0 Å². The van der Waals surface area contributed by atoms with Crippen molar-refractivity contribution in [3.8, 4) is 0 Å². The Morgan fingerprint density at radius 2 is 1.59 bits per heavy atom. The van der Waals surface area contributed by atoms with E-state index < -0.39 is 15.9 Å². The third-order valence-electron chi connectivity index (χ3n) is 5.03. The van der Waals surface area contributed by atoms with Crippen molar-refractivity contribution >= 4 is 39.1 Å². The molecule has 168 valence electrons. The zero-order chi connectivity index (χ0) is 23.3. The molecule has 0 saturated carbocycles. The van der Waals surface area contributed by atoms with Crippen molar-refractivity contribution in [2.75, 3.05) is 6.54 Å². The van der Waals surface area contributed by atoms with E-state index in [1.165, 1.54) is 0 Å². The van der Waals surface area contributed by atoms with Gasteiger partial charge in [0, 0.05) is 16.6 Å². The highest BCUT2D eigenvalue weighted by Crippen LogP contribution is 2.23. The van der Waals surface area contributed by atoms with Crippen LogP contribution in [0.15, 0.2) is 77.7 Å². The average molecular weight is 491 g/mol. The molecule has 32 heavy (non-hydrogen) atoms. The number of sulfonamides is 1. The highest BCUT2D eigenvalue weighted by molar-refractivity contribution is 7.89. The molecular formula is C24H24Cl2N2O3S. The maximum absolute atomic E-state index is 13.4. The van der Waals surface area contributed by atoms with Gasteiger partial charge in [0.2, 0.25) is 15.9 Å². The molecule has 3 aromatic rings. The maximum atomic E-state index is 13.4. The van der Waals surface area contributed by atoms with Crippen LogP contribution in [0.5, 0.6) is 0 Å². The van der Waals surface area contributed by atoms with Crippen molar-refractivity contribution in [3.05, 3.63) is 99.5 Å². The molecule has 0 unspecified atom stereocenters. The number of hydrogen-bond donors (Lipinski definition) is 1. The van der Waals surface area contributed by atoms with E-state index in [1.54, 1.807) is 60.7 Å². The number of carbonyl (C=O) groups is 1. The first-order chi connectivity index (χ1) is 15.2. The van der Waals surface area contributed by atoms with E-state index in [1.807, 2.05) is 26.0 Å². The van der Waals surface area contributed by atoms with Crippen LogP contribution in [0.2, 0.25) is 10.0 Å². The Kier molecular flexibility index (Phi) is 7.96. The Bertz CT molecular complexity index is 1180. The summed E-state index contributed by atoms with van der Waals surface area (Å²) in [7, 11) is -3.94. The van der Waals surface area contributed by atoms with E-state index in [0.717, 1.165) is 15.4 Å².